The van der Waals surface area contributed by atoms with Crippen molar-refractivity contribution < 1.29 is 49.1 Å². The van der Waals surface area contributed by atoms with E-state index in [0.717, 1.165) is 0 Å². The molecule has 0 saturated carbocycles. The van der Waals surface area contributed by atoms with Crippen molar-refractivity contribution in [2.45, 2.75) is 25.4 Å². The van der Waals surface area contributed by atoms with E-state index >= 15 is 0 Å². The van der Waals surface area contributed by atoms with Crippen LogP contribution in [0.1, 0.15) is 28.9 Å². The minimum Gasteiger partial charge on any atom is -0.629 e. The van der Waals surface area contributed by atoms with Gasteiger partial charge in [-0.2, -0.15) is 4.98 Å². The van der Waals surface area contributed by atoms with Crippen LogP contribution in [0.2, 0.25) is 0 Å². The van der Waals surface area contributed by atoms with Gasteiger partial charge in [0, 0.05) is 43.6 Å². The molecule has 0 saturated heterocycles. The van der Waals surface area contributed by atoms with E-state index in [9.17, 15) is 24.4 Å². The number of nitrogens with one attached hydrogen (secondary N) is 3. The smallest absolute Gasteiger partial charge is 0.326 e. The number of anilines is 1. The predicted octanol–water partition coefficient (Wildman–Crippen LogP) is -1.44. The van der Waals surface area contributed by atoms with Gasteiger partial charge in [-0.3, -0.25) is 19.4 Å². The number of carboxylic acid groups (broad SMARTS) is 2. The Labute approximate surface area is 203 Å². The number of fused-ring (bicyclic) bond motifs is 1. The molecule has 1 unspecified atom stereocenters. The number of nitrogens with zero attached hydrogens (tertiary/aromatic N) is 3. The number of hydrogen-bond donors (Lipinski definition) is 6. The number of carbonyl (C=O) groups is 3. The van der Waals surface area contributed by atoms with E-state index in [0.29, 0.717) is 0 Å². The molecule has 0 fully saturated rings. The summed E-state index contributed by atoms with van der Waals surface area (Å²) >= 11 is 0. The Kier molecular flexibility index (Phi) is 8.84. The molecule has 2 heterocycles. The maximum Gasteiger partial charge on any atom is 0.326 e. The monoisotopic (exact) mass is 521 g/mol. The molecule has 0 aliphatic heterocycles. The van der Waals surface area contributed by atoms with Gasteiger partial charge in [-0.25, -0.2) is 14.8 Å². The molecular weight excluding hydrogens is 504 g/mol. The van der Waals surface area contributed by atoms with Crippen molar-refractivity contribution in [3.8, 4) is 0 Å². The number of amides is 1. The first-order valence-corrected chi connectivity index (χ1v) is 9.54. The van der Waals surface area contributed by atoms with Crippen LogP contribution in [-0.2, 0) is 35.6 Å². The zero-order chi connectivity index (χ0) is 24.1. The molecule has 3 rings (SSSR count). The molecule has 0 bridgehead atoms. The van der Waals surface area contributed by atoms with Crippen LogP contribution in [-0.4, -0.2) is 54.0 Å². The number of carbonyl (C=O) groups excluding carboxylic acids is 1. The van der Waals surface area contributed by atoms with E-state index in [4.69, 9.17) is 15.9 Å². The molecule has 34 heavy (non-hydrogen) atoms. The molecule has 2 atom stereocenters. The van der Waals surface area contributed by atoms with E-state index < -0.39 is 35.9 Å². The second kappa shape index (κ2) is 11.4. The van der Waals surface area contributed by atoms with E-state index in [1.54, 1.807) is 0 Å². The average molecular weight is 523 g/mol. The number of nitrogen functional groups attached to an aromatic ring is 1. The average Bonchev–Trinajstić information content (AvgIpc) is 2.76. The molecule has 7 N–H and O–H groups in total. The number of hydroxylamine groups is 1. The molecule has 0 radical (unpaired) electrons. The molecule has 1 amide bonds. The molecule has 174 valence electrons. The molecule has 0 aliphatic rings. The van der Waals surface area contributed by atoms with Crippen molar-refractivity contribution in [3.05, 3.63) is 57.3 Å². The Balaban J connectivity index is 0.00000408. The van der Waals surface area contributed by atoms with E-state index in [1.165, 1.54) is 30.5 Å². The maximum absolute atomic E-state index is 12.6. The predicted molar refractivity (Wildman–Crippen MR) is 112 cm³/mol. The quantitative estimate of drug-likeness (QED) is 0.141. The van der Waals surface area contributed by atoms with E-state index in [2.05, 4.69) is 25.3 Å². The third-order valence-corrected chi connectivity index (χ3v) is 4.55. The zero-order valence-corrected chi connectivity index (χ0v) is 20.6. The number of aliphatic carboxylic acids is 2. The van der Waals surface area contributed by atoms with Crippen LogP contribution in [0, 0.1) is 5.21 Å². The molecule has 0 aliphatic carbocycles. The Morgan fingerprint density at radius 2 is 1.85 bits per heavy atom. The van der Waals surface area contributed by atoms with Gasteiger partial charge in [0.25, 0.3) is 11.5 Å². The van der Waals surface area contributed by atoms with E-state index in [-0.39, 0.29) is 71.6 Å². The van der Waals surface area contributed by atoms with Crippen molar-refractivity contribution in [1.29, 1.82) is 0 Å². The summed E-state index contributed by atoms with van der Waals surface area (Å²) in [4.78, 5) is 60.3. The van der Waals surface area contributed by atoms with Crippen molar-refractivity contribution >= 4 is 40.6 Å². The summed E-state index contributed by atoms with van der Waals surface area (Å²) in [6, 6.07) is 4.07. The molecule has 2 aromatic heterocycles. The molecule has 3 aromatic rings. The number of rotatable bonds is 9. The third kappa shape index (κ3) is 6.60. The summed E-state index contributed by atoms with van der Waals surface area (Å²) in [6.45, 7) is -0.172. The Morgan fingerprint density at radius 1 is 1.18 bits per heavy atom. The van der Waals surface area contributed by atoms with Gasteiger partial charge in [0.05, 0.1) is 6.20 Å². The van der Waals surface area contributed by atoms with Gasteiger partial charge in [-0.15, -0.1) is 0 Å². The van der Waals surface area contributed by atoms with Gasteiger partial charge in [0.1, 0.15) is 24.0 Å². The fourth-order valence-corrected chi connectivity index (χ4v) is 2.90. The van der Waals surface area contributed by atoms with Gasteiger partial charge in [0.2, 0.25) is 5.95 Å². The standard InChI is InChI=1S/C19H19N7O7.Zn/c20-19-24-15-14(17(30)25-19)22-10(7-21-15)8-26(33)11-3-1-9(2-4-11)16(29)23-12(18(31)32)5-6-13(27)28;/h1-4,7,12,26H,5-6,8H2,(H,23,29)(H,27,28)(H,31,32)(H3,20,21,24,25,30);/t12-;/m0./s1. The van der Waals surface area contributed by atoms with Gasteiger partial charge >= 0.3 is 11.9 Å². The van der Waals surface area contributed by atoms with Crippen LogP contribution in [0.15, 0.2) is 35.3 Å². The number of hydrogen-bond acceptors (Lipinski definition) is 9. The molecular formula is C19H19N7O7Zn. The number of quaternary nitrogens is 1. The Hall–Kier alpha value is -3.81. The summed E-state index contributed by atoms with van der Waals surface area (Å²) in [5.41, 5.74) is 5.43. The Bertz CT molecular complexity index is 1270. The number of benzene rings is 1. The number of H-pyrrole nitrogens is 1. The summed E-state index contributed by atoms with van der Waals surface area (Å²) in [5, 5.41) is 32.3. The van der Waals surface area contributed by atoms with Gasteiger partial charge in [0.15, 0.2) is 11.2 Å². The second-order valence-electron chi connectivity index (χ2n) is 6.96. The summed E-state index contributed by atoms with van der Waals surface area (Å²) in [7, 11) is 0. The third-order valence-electron chi connectivity index (χ3n) is 4.55. The summed E-state index contributed by atoms with van der Waals surface area (Å²) < 4.78 is 0. The Morgan fingerprint density at radius 3 is 2.47 bits per heavy atom. The number of aromatic amines is 1. The number of carboxylic acids is 2. The molecule has 15 heteroatoms. The summed E-state index contributed by atoms with van der Waals surface area (Å²) in [5.74, 6) is -3.37. The molecule has 14 nitrogen and oxygen atoms in total. The number of aromatic nitrogens is 4. The topological polar surface area (TPSA) is 229 Å². The zero-order valence-electron chi connectivity index (χ0n) is 17.6. The molecule has 1 aromatic carbocycles. The van der Waals surface area contributed by atoms with Crippen molar-refractivity contribution in [2.75, 3.05) is 5.73 Å². The van der Waals surface area contributed by atoms with Gasteiger partial charge in [-0.1, -0.05) is 0 Å². The van der Waals surface area contributed by atoms with Gasteiger partial charge in [-0.05, 0) is 18.6 Å². The van der Waals surface area contributed by atoms with Crippen LogP contribution >= 0.6 is 0 Å². The van der Waals surface area contributed by atoms with Crippen LogP contribution in [0.25, 0.3) is 11.2 Å². The van der Waals surface area contributed by atoms with Crippen LogP contribution < -0.4 is 21.7 Å². The first-order chi connectivity index (χ1) is 15.6. The second-order valence-corrected chi connectivity index (χ2v) is 6.96. The minimum absolute atomic E-state index is 0. The van der Waals surface area contributed by atoms with Crippen molar-refractivity contribution in [3.63, 3.8) is 0 Å². The largest absolute Gasteiger partial charge is 0.629 e. The van der Waals surface area contributed by atoms with Crippen LogP contribution in [0.5, 0.6) is 0 Å². The molecule has 0 spiro atoms. The van der Waals surface area contributed by atoms with Crippen molar-refractivity contribution in [1.82, 2.24) is 25.3 Å². The van der Waals surface area contributed by atoms with Gasteiger partial charge < -0.3 is 31.5 Å². The summed E-state index contributed by atoms with van der Waals surface area (Å²) in [6.07, 6.45) is 0.611. The van der Waals surface area contributed by atoms with Crippen LogP contribution in [0.3, 0.4) is 0 Å². The van der Waals surface area contributed by atoms with E-state index in [1.807, 2.05) is 0 Å². The van der Waals surface area contributed by atoms with Crippen molar-refractivity contribution in [2.24, 2.45) is 0 Å². The SMILES string of the molecule is Nc1nc2ncc(C[NH+]([O-])c3ccc(C(=O)N[C@@H](CCC(=O)O)C(=O)O)cc3)nc2c(=O)[nH]1.[Zn]. The fourth-order valence-electron chi connectivity index (χ4n) is 2.90. The first-order valence-electron chi connectivity index (χ1n) is 9.54. The first kappa shape index (κ1) is 26.4. The normalized spacial score (nSPS) is 12.4. The number of nitrogens with two attached hydrogens (primary N) is 1. The maximum atomic E-state index is 12.6. The fraction of sp³-hybridized carbons (Fsp3) is 0.211. The minimum atomic E-state index is -1.37. The van der Waals surface area contributed by atoms with Crippen LogP contribution in [0.4, 0.5) is 11.6 Å².